The molecule has 0 aromatic rings. The first-order valence-electron chi connectivity index (χ1n) is 10.8. The van der Waals surface area contributed by atoms with Gasteiger partial charge in [0.05, 0.1) is 30.9 Å². The number of hydrogen-bond donors (Lipinski definition) is 10. The van der Waals surface area contributed by atoms with Crippen molar-refractivity contribution in [1.82, 2.24) is 0 Å². The summed E-state index contributed by atoms with van der Waals surface area (Å²) in [6.07, 6.45) is -10.8. The fourth-order valence-electron chi connectivity index (χ4n) is 4.43. The van der Waals surface area contributed by atoms with E-state index in [2.05, 4.69) is 0 Å². The van der Waals surface area contributed by atoms with E-state index in [0.29, 0.717) is 0 Å². The Morgan fingerprint density at radius 1 is 0.719 bits per heavy atom. The molecule has 2 heterocycles. The minimum Gasteiger partial charge on any atom is -0.394 e. The minimum absolute atomic E-state index is 0.0542. The van der Waals surface area contributed by atoms with Crippen LogP contribution in [0.1, 0.15) is 12.8 Å². The Labute approximate surface area is 185 Å². The average molecular weight is 468 g/mol. The Morgan fingerprint density at radius 3 is 1.84 bits per heavy atom. The van der Waals surface area contributed by atoms with Crippen molar-refractivity contribution in [3.05, 3.63) is 0 Å². The van der Waals surface area contributed by atoms with E-state index in [4.69, 9.17) is 47.6 Å². The molecule has 1 saturated carbocycles. The van der Waals surface area contributed by atoms with Crippen LogP contribution < -0.4 is 28.7 Å². The van der Waals surface area contributed by atoms with E-state index in [1.165, 1.54) is 0 Å². The largest absolute Gasteiger partial charge is 0.394 e. The predicted molar refractivity (Wildman–Crippen MR) is 108 cm³/mol. The van der Waals surface area contributed by atoms with Gasteiger partial charge in [0.1, 0.15) is 36.6 Å². The Balaban J connectivity index is 1.70. The second-order valence-corrected chi connectivity index (χ2v) is 8.78. The number of ether oxygens (including phenoxy) is 4. The maximum Gasteiger partial charge on any atom is 0.186 e. The summed E-state index contributed by atoms with van der Waals surface area (Å²) in [5, 5.41) is 50.7. The van der Waals surface area contributed by atoms with Crippen molar-refractivity contribution in [2.75, 3.05) is 13.2 Å². The molecular formula is C18H37N5O9. The van der Waals surface area contributed by atoms with Crippen LogP contribution in [0.2, 0.25) is 0 Å². The molecule has 32 heavy (non-hydrogen) atoms. The fourth-order valence-corrected chi connectivity index (χ4v) is 4.43. The van der Waals surface area contributed by atoms with E-state index in [1.807, 2.05) is 0 Å². The highest BCUT2D eigenvalue weighted by atomic mass is 16.7. The molecule has 0 spiro atoms. The van der Waals surface area contributed by atoms with E-state index < -0.39 is 92.2 Å². The molecule has 2 saturated heterocycles. The third-order valence-corrected chi connectivity index (χ3v) is 6.41. The summed E-state index contributed by atoms with van der Waals surface area (Å²) in [5.41, 5.74) is 29.8. The van der Waals surface area contributed by atoms with Gasteiger partial charge in [-0.25, -0.2) is 0 Å². The van der Waals surface area contributed by atoms with Gasteiger partial charge in [-0.05, 0) is 12.8 Å². The van der Waals surface area contributed by atoms with Crippen LogP contribution >= 0.6 is 0 Å². The van der Waals surface area contributed by atoms with Gasteiger partial charge in [-0.15, -0.1) is 0 Å². The lowest BCUT2D eigenvalue weighted by molar-refractivity contribution is -0.314. The summed E-state index contributed by atoms with van der Waals surface area (Å²) in [4.78, 5) is 0. The molecule has 1 unspecified atom stereocenters. The molecule has 14 atom stereocenters. The highest BCUT2D eigenvalue weighted by Crippen LogP contribution is 2.30. The number of hydrogen-bond acceptors (Lipinski definition) is 14. The van der Waals surface area contributed by atoms with Crippen LogP contribution in [0.25, 0.3) is 0 Å². The molecule has 15 N–H and O–H groups in total. The Bertz CT molecular complexity index is 607. The van der Waals surface area contributed by atoms with E-state index in [0.717, 1.165) is 0 Å². The van der Waals surface area contributed by atoms with Gasteiger partial charge in [-0.1, -0.05) is 0 Å². The summed E-state index contributed by atoms with van der Waals surface area (Å²) in [5.74, 6) is 0. The second kappa shape index (κ2) is 10.8. The lowest BCUT2D eigenvalue weighted by Crippen LogP contribution is -2.68. The predicted octanol–water partition coefficient (Wildman–Crippen LogP) is -6.30. The molecule has 1 aliphatic carbocycles. The summed E-state index contributed by atoms with van der Waals surface area (Å²) >= 11 is 0. The molecule has 0 aromatic heterocycles. The van der Waals surface area contributed by atoms with E-state index in [9.17, 15) is 25.5 Å². The normalized spacial score (nSPS) is 52.7. The number of nitrogens with two attached hydrogens (primary N) is 5. The van der Waals surface area contributed by atoms with Gasteiger partial charge in [0.2, 0.25) is 0 Å². The third-order valence-electron chi connectivity index (χ3n) is 6.41. The monoisotopic (exact) mass is 467 g/mol. The van der Waals surface area contributed by atoms with E-state index in [1.54, 1.807) is 0 Å². The lowest BCUT2D eigenvalue weighted by atomic mass is 9.84. The van der Waals surface area contributed by atoms with Gasteiger partial charge in [0.15, 0.2) is 12.6 Å². The van der Waals surface area contributed by atoms with Crippen molar-refractivity contribution < 1.29 is 44.5 Å². The first kappa shape index (κ1) is 26.1. The maximum atomic E-state index is 11.0. The fraction of sp³-hybridized carbons (Fsp3) is 1.00. The third kappa shape index (κ3) is 5.24. The molecule has 0 bridgehead atoms. The molecule has 3 rings (SSSR count). The standard InChI is InChI=1S/C18H37N5O9/c19-3-9-8(25)2-7(22)17(29-9)31-15-5(20)1-6(21)16(14(15)28)32-18-13(27)11(23)12(26)10(4-24)30-18/h5-18,24-28H,1-4,19-23H2/t5-,6+,7+,8-,9+,10+,11-,12+,13+,14-,15?,16-,17+,18+/m0/s1. The quantitative estimate of drug-likeness (QED) is 0.174. The lowest BCUT2D eigenvalue weighted by Gasteiger charge is -2.47. The zero-order valence-corrected chi connectivity index (χ0v) is 17.7. The molecular weight excluding hydrogens is 430 g/mol. The number of aliphatic hydroxyl groups excluding tert-OH is 5. The van der Waals surface area contributed by atoms with Crippen LogP contribution in [0.3, 0.4) is 0 Å². The average Bonchev–Trinajstić information content (AvgIpc) is 2.75. The Kier molecular flexibility index (Phi) is 8.79. The highest BCUT2D eigenvalue weighted by Gasteiger charge is 2.50. The SMILES string of the molecule is NC[C@H]1O[C@H](OC2[C@@H](N)C[C@@H](N)[C@H](O[C@H]3O[C@H](CO)[C@@H](O)[C@H](N)[C@H]3O)[C@H]2O)[C@H](N)C[C@@H]1O. The molecule has 3 aliphatic rings. The number of aliphatic hydroxyl groups is 5. The van der Waals surface area contributed by atoms with Crippen LogP contribution in [-0.4, -0.2) is 124 Å². The first-order valence-corrected chi connectivity index (χ1v) is 10.8. The van der Waals surface area contributed by atoms with E-state index in [-0.39, 0.29) is 19.4 Å². The van der Waals surface area contributed by atoms with Crippen molar-refractivity contribution in [2.24, 2.45) is 28.7 Å². The molecule has 14 nitrogen and oxygen atoms in total. The Morgan fingerprint density at radius 2 is 1.28 bits per heavy atom. The zero-order chi connectivity index (χ0) is 23.7. The van der Waals surface area contributed by atoms with Crippen molar-refractivity contribution >= 4 is 0 Å². The molecule has 3 fully saturated rings. The van der Waals surface area contributed by atoms with Crippen LogP contribution in [-0.2, 0) is 18.9 Å². The molecule has 0 radical (unpaired) electrons. The molecule has 14 heteroatoms. The highest BCUT2D eigenvalue weighted by molar-refractivity contribution is 5.01. The van der Waals surface area contributed by atoms with Gasteiger partial charge in [-0.3, -0.25) is 0 Å². The molecule has 188 valence electrons. The first-order chi connectivity index (χ1) is 15.1. The zero-order valence-electron chi connectivity index (χ0n) is 17.7. The van der Waals surface area contributed by atoms with Gasteiger partial charge in [0, 0.05) is 18.6 Å². The molecule has 2 aliphatic heterocycles. The van der Waals surface area contributed by atoms with Gasteiger partial charge in [-0.2, -0.15) is 0 Å². The maximum absolute atomic E-state index is 11.0. The molecule has 0 aromatic carbocycles. The van der Waals surface area contributed by atoms with Crippen LogP contribution in [0.15, 0.2) is 0 Å². The number of rotatable bonds is 6. The summed E-state index contributed by atoms with van der Waals surface area (Å²) in [6.45, 7) is -0.499. The minimum atomic E-state index is -1.44. The van der Waals surface area contributed by atoms with Crippen molar-refractivity contribution in [1.29, 1.82) is 0 Å². The molecule has 0 amide bonds. The van der Waals surface area contributed by atoms with Crippen LogP contribution in [0, 0.1) is 0 Å². The summed E-state index contributed by atoms with van der Waals surface area (Å²) < 4.78 is 22.7. The van der Waals surface area contributed by atoms with Crippen LogP contribution in [0.4, 0.5) is 0 Å². The van der Waals surface area contributed by atoms with Crippen LogP contribution in [0.5, 0.6) is 0 Å². The van der Waals surface area contributed by atoms with Crippen molar-refractivity contribution in [3.63, 3.8) is 0 Å². The smallest absolute Gasteiger partial charge is 0.186 e. The van der Waals surface area contributed by atoms with Gasteiger partial charge < -0.3 is 73.1 Å². The summed E-state index contributed by atoms with van der Waals surface area (Å²) in [6, 6.07) is -3.27. The van der Waals surface area contributed by atoms with Crippen molar-refractivity contribution in [3.8, 4) is 0 Å². The topological polar surface area (TPSA) is 268 Å². The second-order valence-electron chi connectivity index (χ2n) is 8.78. The Hall–Kier alpha value is -0.560. The van der Waals surface area contributed by atoms with Crippen molar-refractivity contribution in [2.45, 2.75) is 98.4 Å². The van der Waals surface area contributed by atoms with Gasteiger partial charge >= 0.3 is 0 Å². The van der Waals surface area contributed by atoms with E-state index >= 15 is 0 Å². The summed E-state index contributed by atoms with van der Waals surface area (Å²) in [7, 11) is 0. The van der Waals surface area contributed by atoms with Gasteiger partial charge in [0.25, 0.3) is 0 Å².